The van der Waals surface area contributed by atoms with Gasteiger partial charge >= 0.3 is 0 Å². The van der Waals surface area contributed by atoms with Crippen LogP contribution in [0.4, 0.5) is 17.1 Å². The van der Waals surface area contributed by atoms with Gasteiger partial charge in [0, 0.05) is 42.5 Å². The van der Waals surface area contributed by atoms with Crippen molar-refractivity contribution in [1.82, 2.24) is 4.98 Å². The first kappa shape index (κ1) is 27.4. The topological polar surface area (TPSA) is 29.3 Å². The molecule has 7 aromatic carbocycles. The Kier molecular flexibility index (Phi) is 6.22. The van der Waals surface area contributed by atoms with E-state index < -0.39 is 0 Å². The molecule has 0 N–H and O–H groups in total. The lowest BCUT2D eigenvalue weighted by Gasteiger charge is -2.26. The number of furan rings is 1. The first-order chi connectivity index (χ1) is 23.8. The van der Waals surface area contributed by atoms with Crippen LogP contribution in [0.15, 0.2) is 162 Å². The Bertz CT molecular complexity index is 2780. The van der Waals surface area contributed by atoms with Gasteiger partial charge in [0.1, 0.15) is 16.2 Å². The van der Waals surface area contributed by atoms with Crippen molar-refractivity contribution in [1.29, 1.82) is 0 Å². The molecule has 0 spiro atoms. The van der Waals surface area contributed by atoms with Gasteiger partial charge in [0.2, 0.25) is 0 Å². The summed E-state index contributed by atoms with van der Waals surface area (Å²) in [6.07, 6.45) is 0. The number of hydrogen-bond acceptors (Lipinski definition) is 5. The van der Waals surface area contributed by atoms with Gasteiger partial charge in [-0.15, -0.1) is 22.7 Å². The van der Waals surface area contributed by atoms with Crippen molar-refractivity contribution in [2.45, 2.75) is 0 Å². The summed E-state index contributed by atoms with van der Waals surface area (Å²) in [6, 6.07) is 55.9. The van der Waals surface area contributed by atoms with Gasteiger partial charge in [-0.05, 0) is 77.9 Å². The van der Waals surface area contributed by atoms with E-state index in [2.05, 4.69) is 150 Å². The molecular formula is C43H26N2OS2. The molecular weight excluding hydrogens is 625 g/mol. The van der Waals surface area contributed by atoms with Gasteiger partial charge < -0.3 is 9.32 Å². The van der Waals surface area contributed by atoms with Gasteiger partial charge in [0.15, 0.2) is 0 Å². The maximum absolute atomic E-state index is 6.27. The number of aromatic nitrogens is 1. The highest BCUT2D eigenvalue weighted by atomic mass is 32.1. The zero-order chi connectivity index (χ0) is 31.6. The number of nitrogens with zero attached hydrogens (tertiary/aromatic N) is 2. The molecule has 0 saturated heterocycles. The first-order valence-electron chi connectivity index (χ1n) is 16.0. The van der Waals surface area contributed by atoms with Gasteiger partial charge in [-0.25, -0.2) is 4.98 Å². The Morgan fingerprint density at radius 2 is 1.19 bits per heavy atom. The number of hydrogen-bond donors (Lipinski definition) is 0. The van der Waals surface area contributed by atoms with Crippen LogP contribution in [0.25, 0.3) is 74.0 Å². The van der Waals surface area contributed by atoms with E-state index in [-0.39, 0.29) is 0 Å². The van der Waals surface area contributed by atoms with Gasteiger partial charge in [-0.3, -0.25) is 0 Å². The highest BCUT2D eigenvalue weighted by molar-refractivity contribution is 7.28. The standard InChI is InChI=1S/C43H26N2OS2/c1-3-10-28(11-4-1)43-44-34-23-25-39-41(42(34)48-43)33-26-29(20-24-38(33)47-39)27-18-21-31(22-19-27)45(30-12-5-2-6-13-30)35-15-9-17-37-40(35)32-14-7-8-16-36(32)46-37/h1-26H. The largest absolute Gasteiger partial charge is 0.456 e. The monoisotopic (exact) mass is 650 g/mol. The highest BCUT2D eigenvalue weighted by Crippen LogP contribution is 2.45. The van der Waals surface area contributed by atoms with Crippen LogP contribution in [-0.4, -0.2) is 4.98 Å². The number of thiophene rings is 1. The minimum absolute atomic E-state index is 0.883. The van der Waals surface area contributed by atoms with Crippen molar-refractivity contribution in [2.75, 3.05) is 4.90 Å². The number of anilines is 3. The van der Waals surface area contributed by atoms with Crippen LogP contribution in [0.5, 0.6) is 0 Å². The molecule has 3 heterocycles. The smallest absolute Gasteiger partial charge is 0.137 e. The Labute approximate surface area is 284 Å². The quantitative estimate of drug-likeness (QED) is 0.186. The number of fused-ring (bicyclic) bond motifs is 8. The van der Waals surface area contributed by atoms with Crippen molar-refractivity contribution in [3.63, 3.8) is 0 Å². The normalized spacial score (nSPS) is 11.8. The lowest BCUT2D eigenvalue weighted by Crippen LogP contribution is -2.10. The Morgan fingerprint density at radius 3 is 2.04 bits per heavy atom. The fourth-order valence-electron chi connectivity index (χ4n) is 6.88. The lowest BCUT2D eigenvalue weighted by molar-refractivity contribution is 0.669. The minimum atomic E-state index is 0.883. The van der Waals surface area contributed by atoms with Crippen LogP contribution in [0.1, 0.15) is 0 Å². The van der Waals surface area contributed by atoms with Gasteiger partial charge in [-0.2, -0.15) is 0 Å². The molecule has 10 rings (SSSR count). The van der Waals surface area contributed by atoms with Crippen LogP contribution in [-0.2, 0) is 0 Å². The van der Waals surface area contributed by atoms with Crippen LogP contribution in [0, 0.1) is 0 Å². The molecule has 0 unspecified atom stereocenters. The molecule has 0 aliphatic carbocycles. The summed E-state index contributed by atoms with van der Waals surface area (Å²) >= 11 is 3.64. The number of para-hydroxylation sites is 2. The minimum Gasteiger partial charge on any atom is -0.456 e. The molecule has 0 amide bonds. The molecule has 48 heavy (non-hydrogen) atoms. The summed E-state index contributed by atoms with van der Waals surface area (Å²) in [5, 5.41) is 5.88. The third kappa shape index (κ3) is 4.36. The molecule has 0 atom stereocenters. The number of thiazole rings is 1. The zero-order valence-electron chi connectivity index (χ0n) is 25.6. The maximum Gasteiger partial charge on any atom is 0.137 e. The second-order valence-electron chi connectivity index (χ2n) is 12.0. The summed E-state index contributed by atoms with van der Waals surface area (Å²) in [6.45, 7) is 0. The maximum atomic E-state index is 6.27. The van der Waals surface area contributed by atoms with Crippen LogP contribution in [0.2, 0.25) is 0 Å². The van der Waals surface area contributed by atoms with Crippen molar-refractivity contribution in [3.05, 3.63) is 158 Å². The van der Waals surface area contributed by atoms with E-state index in [0.29, 0.717) is 0 Å². The number of benzene rings is 7. The second-order valence-corrected chi connectivity index (χ2v) is 14.0. The lowest BCUT2D eigenvalue weighted by atomic mass is 10.0. The van der Waals surface area contributed by atoms with E-state index in [1.165, 1.54) is 36.0 Å². The van der Waals surface area contributed by atoms with Gasteiger partial charge in [0.25, 0.3) is 0 Å². The van der Waals surface area contributed by atoms with Gasteiger partial charge in [-0.1, -0.05) is 91.0 Å². The SMILES string of the molecule is c1ccc(-c2nc3ccc4sc5ccc(-c6ccc(N(c7ccccc7)c7cccc8oc9ccccc9c78)cc6)cc5c4c3s2)cc1. The number of rotatable bonds is 5. The molecule has 0 saturated carbocycles. The zero-order valence-corrected chi connectivity index (χ0v) is 27.3. The predicted molar refractivity (Wildman–Crippen MR) is 205 cm³/mol. The fraction of sp³-hybridized carbons (Fsp3) is 0. The Hall–Kier alpha value is -5.75. The summed E-state index contributed by atoms with van der Waals surface area (Å²) in [4.78, 5) is 7.35. The molecule has 3 nitrogen and oxygen atoms in total. The highest BCUT2D eigenvalue weighted by Gasteiger charge is 2.20. The summed E-state index contributed by atoms with van der Waals surface area (Å²) in [5.41, 5.74) is 9.65. The average molecular weight is 651 g/mol. The molecule has 3 aromatic heterocycles. The average Bonchev–Trinajstić information content (AvgIpc) is 3.86. The third-order valence-electron chi connectivity index (χ3n) is 9.10. The van der Waals surface area contributed by atoms with E-state index in [4.69, 9.17) is 9.40 Å². The van der Waals surface area contributed by atoms with E-state index >= 15 is 0 Å². The molecule has 10 aromatic rings. The van der Waals surface area contributed by atoms with E-state index in [9.17, 15) is 0 Å². The fourth-order valence-corrected chi connectivity index (χ4v) is 9.17. The molecule has 0 bridgehead atoms. The van der Waals surface area contributed by atoms with Crippen molar-refractivity contribution in [3.8, 4) is 21.7 Å². The van der Waals surface area contributed by atoms with E-state index in [0.717, 1.165) is 55.1 Å². The van der Waals surface area contributed by atoms with Gasteiger partial charge in [0.05, 0.1) is 21.3 Å². The van der Waals surface area contributed by atoms with Crippen molar-refractivity contribution in [2.24, 2.45) is 0 Å². The Morgan fingerprint density at radius 1 is 0.479 bits per heavy atom. The summed E-state index contributed by atoms with van der Waals surface area (Å²) in [5.74, 6) is 0. The molecule has 0 aliphatic heterocycles. The van der Waals surface area contributed by atoms with Crippen molar-refractivity contribution < 1.29 is 4.42 Å². The van der Waals surface area contributed by atoms with Crippen LogP contribution in [0.3, 0.4) is 0 Å². The molecule has 5 heteroatoms. The molecule has 0 fully saturated rings. The summed E-state index contributed by atoms with van der Waals surface area (Å²) in [7, 11) is 0. The third-order valence-corrected chi connectivity index (χ3v) is 11.4. The molecule has 0 aliphatic rings. The second kappa shape index (κ2) is 10.9. The van der Waals surface area contributed by atoms with Crippen LogP contribution < -0.4 is 4.90 Å². The Balaban J connectivity index is 1.09. The van der Waals surface area contributed by atoms with E-state index in [1.54, 1.807) is 11.3 Å². The van der Waals surface area contributed by atoms with Crippen molar-refractivity contribution >= 4 is 92.1 Å². The molecule has 226 valence electrons. The first-order valence-corrected chi connectivity index (χ1v) is 17.6. The van der Waals surface area contributed by atoms with Crippen LogP contribution >= 0.6 is 22.7 Å². The van der Waals surface area contributed by atoms with E-state index in [1.807, 2.05) is 23.5 Å². The molecule has 0 radical (unpaired) electrons. The predicted octanol–water partition coefficient (Wildman–Crippen LogP) is 13.4. The summed E-state index contributed by atoms with van der Waals surface area (Å²) < 4.78 is 10.1.